The molecule has 0 aromatic carbocycles. The van der Waals surface area contributed by atoms with Crippen molar-refractivity contribution in [1.82, 2.24) is 0 Å². The largest absolute Gasteiger partial charge is 0.506 e. The Hall–Kier alpha value is -1.97. The molecule has 0 radical (unpaired) electrons. The second-order valence-electron chi connectivity index (χ2n) is 14.1. The van der Waals surface area contributed by atoms with Crippen molar-refractivity contribution in [1.29, 1.82) is 0 Å². The second-order valence-corrected chi connectivity index (χ2v) is 14.1. The van der Waals surface area contributed by atoms with Crippen LogP contribution in [0.2, 0.25) is 0 Å². The summed E-state index contributed by atoms with van der Waals surface area (Å²) in [6.45, 7) is 5.48. The third-order valence-electron chi connectivity index (χ3n) is 11.4. The van der Waals surface area contributed by atoms with Crippen LogP contribution < -0.4 is 5.73 Å². The first-order valence-electron chi connectivity index (χ1n) is 15.4. The van der Waals surface area contributed by atoms with E-state index in [1.807, 2.05) is 0 Å². The minimum atomic E-state index is -1.33. The van der Waals surface area contributed by atoms with Crippen LogP contribution in [0.3, 0.4) is 0 Å². The standard InChI is InChI=1S/C31H45NO8/c1-15(2)9-17-5-6-19-18-7-8-21-20-12-38-14-31(21,22(18)10-24(33)27(19)26(17)29(34)35)11-25(40-30(36)37)28(20)39-13-23(32)16-3-4-16/h10,15-21,23,25-28H,3-9,11-14,32H2,1-2H3,(H,34,35)(H,36,37)/t17?,18?,19?,20?,21?,23?,25-,26-,27?,28-,31+/m1/s1. The van der Waals surface area contributed by atoms with E-state index in [1.54, 1.807) is 6.08 Å². The van der Waals surface area contributed by atoms with Crippen molar-refractivity contribution in [2.24, 2.45) is 64.4 Å². The number of allylic oxidation sites excluding steroid dienone is 1. The van der Waals surface area contributed by atoms with E-state index in [0.29, 0.717) is 38.1 Å². The molecule has 7 unspecified atom stereocenters. The highest BCUT2D eigenvalue weighted by molar-refractivity contribution is 5.97. The lowest BCUT2D eigenvalue weighted by molar-refractivity contribution is -0.218. The molecule has 6 aliphatic rings. The maximum absolute atomic E-state index is 13.9. The number of carboxylic acid groups (broad SMARTS) is 2. The smallest absolute Gasteiger partial charge is 0.481 e. The van der Waals surface area contributed by atoms with Gasteiger partial charge in [0.25, 0.3) is 0 Å². The van der Waals surface area contributed by atoms with E-state index < -0.39 is 41.6 Å². The lowest BCUT2D eigenvalue weighted by atomic mass is 9.45. The molecule has 6 rings (SSSR count). The van der Waals surface area contributed by atoms with Gasteiger partial charge in [-0.3, -0.25) is 9.59 Å². The summed E-state index contributed by atoms with van der Waals surface area (Å²) in [5.41, 5.74) is 6.89. The van der Waals surface area contributed by atoms with Crippen molar-refractivity contribution >= 4 is 17.9 Å². The van der Waals surface area contributed by atoms with Gasteiger partial charge in [-0.15, -0.1) is 0 Å². The first-order valence-corrected chi connectivity index (χ1v) is 15.4. The highest BCUT2D eigenvalue weighted by atomic mass is 16.7. The Morgan fingerprint density at radius 1 is 1.12 bits per heavy atom. The Labute approximate surface area is 236 Å². The van der Waals surface area contributed by atoms with Gasteiger partial charge in [0.1, 0.15) is 6.10 Å². The van der Waals surface area contributed by atoms with Crippen LogP contribution in [-0.4, -0.2) is 66.2 Å². The molecular weight excluding hydrogens is 514 g/mol. The molecule has 0 spiro atoms. The van der Waals surface area contributed by atoms with Crippen molar-refractivity contribution in [3.05, 3.63) is 11.6 Å². The van der Waals surface area contributed by atoms with Gasteiger partial charge in [0.15, 0.2) is 5.78 Å². The lowest BCUT2D eigenvalue weighted by Gasteiger charge is -2.62. The van der Waals surface area contributed by atoms with Crippen molar-refractivity contribution in [3.63, 3.8) is 0 Å². The number of rotatable bonds is 8. The molecule has 4 N–H and O–H groups in total. The van der Waals surface area contributed by atoms with Gasteiger partial charge in [-0.05, 0) is 93.0 Å². The minimum Gasteiger partial charge on any atom is -0.481 e. The van der Waals surface area contributed by atoms with Crippen molar-refractivity contribution in [3.8, 4) is 0 Å². The fourth-order valence-corrected chi connectivity index (χ4v) is 9.77. The molecule has 11 atom stereocenters. The summed E-state index contributed by atoms with van der Waals surface area (Å²) in [7, 11) is 0. The lowest BCUT2D eigenvalue weighted by Crippen LogP contribution is -2.64. The number of carbonyl (C=O) groups is 3. The number of fused-ring (bicyclic) bond motifs is 3. The summed E-state index contributed by atoms with van der Waals surface area (Å²) in [6.07, 6.45) is 6.28. The summed E-state index contributed by atoms with van der Waals surface area (Å²) in [4.78, 5) is 38.3. The van der Waals surface area contributed by atoms with E-state index in [-0.39, 0.29) is 41.4 Å². The number of ketones is 1. The molecule has 5 fully saturated rings. The van der Waals surface area contributed by atoms with E-state index >= 15 is 0 Å². The van der Waals surface area contributed by atoms with Gasteiger partial charge in [-0.25, -0.2) is 4.79 Å². The highest BCUT2D eigenvalue weighted by Gasteiger charge is 2.64. The van der Waals surface area contributed by atoms with Gasteiger partial charge in [-0.1, -0.05) is 19.4 Å². The molecule has 222 valence electrons. The number of aliphatic carboxylic acids is 1. The number of nitrogens with two attached hydrogens (primary N) is 1. The normalized spacial score (nSPS) is 43.1. The van der Waals surface area contributed by atoms with Crippen molar-refractivity contribution in [2.75, 3.05) is 19.8 Å². The Bertz CT molecular complexity index is 1050. The van der Waals surface area contributed by atoms with Crippen LogP contribution in [0.1, 0.15) is 65.2 Å². The van der Waals surface area contributed by atoms with E-state index in [4.69, 9.17) is 19.9 Å². The van der Waals surface area contributed by atoms with E-state index in [0.717, 1.165) is 50.5 Å². The molecule has 0 aromatic rings. The average molecular weight is 560 g/mol. The molecule has 1 saturated heterocycles. The van der Waals surface area contributed by atoms with Gasteiger partial charge < -0.3 is 30.2 Å². The fraction of sp³-hybridized carbons (Fsp3) is 0.839. The number of carboxylic acids is 1. The van der Waals surface area contributed by atoms with Gasteiger partial charge >= 0.3 is 12.1 Å². The molecule has 9 heteroatoms. The van der Waals surface area contributed by atoms with E-state index in [1.165, 1.54) is 0 Å². The van der Waals surface area contributed by atoms with Crippen LogP contribution >= 0.6 is 0 Å². The van der Waals surface area contributed by atoms with E-state index in [2.05, 4.69) is 13.8 Å². The molecule has 0 aromatic heterocycles. The molecule has 0 amide bonds. The third kappa shape index (κ3) is 4.79. The first kappa shape index (κ1) is 28.2. The monoisotopic (exact) mass is 559 g/mol. The zero-order chi connectivity index (χ0) is 28.3. The van der Waals surface area contributed by atoms with Gasteiger partial charge in [0, 0.05) is 23.3 Å². The van der Waals surface area contributed by atoms with Crippen molar-refractivity contribution in [2.45, 2.75) is 83.5 Å². The predicted octanol–water partition coefficient (Wildman–Crippen LogP) is 4.13. The van der Waals surface area contributed by atoms with Crippen LogP contribution in [0.15, 0.2) is 11.6 Å². The Morgan fingerprint density at radius 3 is 2.58 bits per heavy atom. The van der Waals surface area contributed by atoms with E-state index in [9.17, 15) is 24.6 Å². The Kier molecular flexibility index (Phi) is 7.53. The first-order chi connectivity index (χ1) is 19.1. The number of hydrogen-bond acceptors (Lipinski definition) is 7. The molecule has 5 aliphatic carbocycles. The molecule has 4 saturated carbocycles. The highest BCUT2D eigenvalue weighted by Crippen LogP contribution is 2.64. The number of hydrogen-bond donors (Lipinski definition) is 3. The number of ether oxygens (including phenoxy) is 3. The molecule has 1 heterocycles. The Morgan fingerprint density at radius 2 is 1.90 bits per heavy atom. The second kappa shape index (κ2) is 10.7. The maximum Gasteiger partial charge on any atom is 0.506 e. The Balaban J connectivity index is 1.32. The SMILES string of the molecule is CC(C)CC1CCC2C3CCC4C5COC[C@]4(C[C@@H](OC(=O)O)[C@@H]5OCC(N)C4CC4)C3=CC(=O)C2[C@@H]1C(=O)O. The van der Waals surface area contributed by atoms with Crippen molar-refractivity contribution < 1.29 is 38.8 Å². The van der Waals surface area contributed by atoms with Gasteiger partial charge in [0.2, 0.25) is 0 Å². The van der Waals surface area contributed by atoms with Crippen LogP contribution in [-0.2, 0) is 23.8 Å². The number of carbonyl (C=O) groups excluding carboxylic acids is 1. The predicted molar refractivity (Wildman–Crippen MR) is 144 cm³/mol. The third-order valence-corrected chi connectivity index (χ3v) is 11.4. The zero-order valence-corrected chi connectivity index (χ0v) is 23.7. The maximum atomic E-state index is 13.9. The molecule has 1 aliphatic heterocycles. The summed E-state index contributed by atoms with van der Waals surface area (Å²) in [6, 6.07) is -0.0685. The summed E-state index contributed by atoms with van der Waals surface area (Å²) in [5, 5.41) is 19.9. The van der Waals surface area contributed by atoms with Gasteiger partial charge in [-0.2, -0.15) is 0 Å². The fourth-order valence-electron chi connectivity index (χ4n) is 9.77. The van der Waals surface area contributed by atoms with Crippen LogP contribution in [0.25, 0.3) is 0 Å². The van der Waals surface area contributed by atoms with Crippen LogP contribution in [0, 0.1) is 58.7 Å². The molecule has 40 heavy (non-hydrogen) atoms. The summed E-state index contributed by atoms with van der Waals surface area (Å²) >= 11 is 0. The minimum absolute atomic E-state index is 0.00271. The summed E-state index contributed by atoms with van der Waals surface area (Å²) in [5.74, 6) is -0.972. The van der Waals surface area contributed by atoms with Crippen LogP contribution in [0.5, 0.6) is 0 Å². The quantitative estimate of drug-likeness (QED) is 0.374. The summed E-state index contributed by atoms with van der Waals surface area (Å²) < 4.78 is 18.1. The zero-order valence-electron chi connectivity index (χ0n) is 23.7. The van der Waals surface area contributed by atoms with Gasteiger partial charge in [0.05, 0.1) is 31.8 Å². The average Bonchev–Trinajstić information content (AvgIpc) is 3.73. The molecule has 2 bridgehead atoms. The molecule has 9 nitrogen and oxygen atoms in total. The molecular formula is C31H45NO8. The topological polar surface area (TPSA) is 145 Å². The van der Waals surface area contributed by atoms with Crippen LogP contribution in [0.4, 0.5) is 4.79 Å².